The molecule has 2 fully saturated rings. The highest BCUT2D eigenvalue weighted by molar-refractivity contribution is 7.08. The van der Waals surface area contributed by atoms with Crippen LogP contribution >= 0.6 is 11.3 Å². The van der Waals surface area contributed by atoms with Gasteiger partial charge in [-0.2, -0.15) is 11.3 Å². The third-order valence-corrected chi connectivity index (χ3v) is 5.52. The molecule has 21 heavy (non-hydrogen) atoms. The number of carboxylic acid groups (broad SMARTS) is 1. The number of hydrogen-bond acceptors (Lipinski definition) is 4. The molecule has 2 atom stereocenters. The Hall–Kier alpha value is -1.40. The summed E-state index contributed by atoms with van der Waals surface area (Å²) in [7, 11) is 1.96. The Morgan fingerprint density at radius 2 is 2.24 bits per heavy atom. The molecule has 0 aromatic carbocycles. The Morgan fingerprint density at radius 3 is 2.90 bits per heavy atom. The van der Waals surface area contributed by atoms with Crippen molar-refractivity contribution in [3.63, 3.8) is 0 Å². The Kier molecular flexibility index (Phi) is 3.75. The first-order valence-corrected chi connectivity index (χ1v) is 8.20. The van der Waals surface area contributed by atoms with Crippen molar-refractivity contribution in [2.45, 2.75) is 12.8 Å². The largest absolute Gasteiger partial charge is 0.481 e. The number of likely N-dealkylation sites (tertiary alicyclic amines) is 2. The zero-order valence-corrected chi connectivity index (χ0v) is 12.9. The van der Waals surface area contributed by atoms with Crippen LogP contribution in [0.3, 0.4) is 0 Å². The van der Waals surface area contributed by atoms with E-state index in [-0.39, 0.29) is 11.8 Å². The van der Waals surface area contributed by atoms with Crippen LogP contribution in [0.15, 0.2) is 16.8 Å². The molecule has 0 unspecified atom stereocenters. The van der Waals surface area contributed by atoms with E-state index in [1.54, 1.807) is 0 Å². The van der Waals surface area contributed by atoms with Gasteiger partial charge < -0.3 is 14.9 Å². The molecule has 1 aromatic rings. The van der Waals surface area contributed by atoms with Crippen molar-refractivity contribution in [2.24, 2.45) is 11.3 Å². The maximum Gasteiger partial charge on any atom is 0.311 e. The SMILES string of the molecule is CN1C[C@@H]2CN(C(=O)c3ccsc3)CCC[C@]2(C(=O)O)C1. The fraction of sp³-hybridized carbons (Fsp3) is 0.600. The van der Waals surface area contributed by atoms with Gasteiger partial charge in [-0.1, -0.05) is 0 Å². The first-order chi connectivity index (χ1) is 10.0. The van der Waals surface area contributed by atoms with E-state index >= 15 is 0 Å². The number of fused-ring (bicyclic) bond motifs is 1. The van der Waals surface area contributed by atoms with Crippen molar-refractivity contribution >= 4 is 23.2 Å². The van der Waals surface area contributed by atoms with E-state index in [1.165, 1.54) is 11.3 Å². The quantitative estimate of drug-likeness (QED) is 0.902. The molecular formula is C15H20N2O3S. The lowest BCUT2D eigenvalue weighted by Gasteiger charge is -2.29. The fourth-order valence-electron chi connectivity index (χ4n) is 3.79. The molecule has 0 saturated carbocycles. The highest BCUT2D eigenvalue weighted by Crippen LogP contribution is 2.42. The van der Waals surface area contributed by atoms with Crippen molar-refractivity contribution in [1.82, 2.24) is 9.80 Å². The van der Waals surface area contributed by atoms with Crippen LogP contribution in [0.5, 0.6) is 0 Å². The van der Waals surface area contributed by atoms with Gasteiger partial charge in [-0.05, 0) is 31.3 Å². The molecule has 0 bridgehead atoms. The minimum absolute atomic E-state index is 0.0186. The number of hydrogen-bond donors (Lipinski definition) is 1. The van der Waals surface area contributed by atoms with Gasteiger partial charge in [0.25, 0.3) is 5.91 Å². The molecule has 3 heterocycles. The van der Waals surface area contributed by atoms with Crippen molar-refractivity contribution < 1.29 is 14.7 Å². The molecule has 2 aliphatic rings. The number of carbonyl (C=O) groups excluding carboxylic acids is 1. The highest BCUT2D eigenvalue weighted by Gasteiger charge is 2.52. The number of amides is 1. The lowest BCUT2D eigenvalue weighted by Crippen LogP contribution is -2.42. The number of aliphatic carboxylic acids is 1. The number of nitrogens with zero attached hydrogens (tertiary/aromatic N) is 2. The molecule has 5 nitrogen and oxygen atoms in total. The van der Waals surface area contributed by atoms with Crippen LogP contribution in [0.4, 0.5) is 0 Å². The van der Waals surface area contributed by atoms with Crippen molar-refractivity contribution in [1.29, 1.82) is 0 Å². The number of thiophene rings is 1. The normalized spacial score (nSPS) is 30.0. The maximum absolute atomic E-state index is 12.5. The van der Waals surface area contributed by atoms with Gasteiger partial charge in [0.2, 0.25) is 0 Å². The molecule has 1 amide bonds. The lowest BCUT2D eigenvalue weighted by atomic mass is 9.75. The highest BCUT2D eigenvalue weighted by atomic mass is 32.1. The van der Waals surface area contributed by atoms with Crippen molar-refractivity contribution in [3.05, 3.63) is 22.4 Å². The van der Waals surface area contributed by atoms with Crippen LogP contribution < -0.4 is 0 Å². The van der Waals surface area contributed by atoms with E-state index in [4.69, 9.17) is 0 Å². The predicted molar refractivity (Wildman–Crippen MR) is 80.5 cm³/mol. The van der Waals surface area contributed by atoms with Gasteiger partial charge in [0, 0.05) is 37.5 Å². The molecular weight excluding hydrogens is 288 g/mol. The molecule has 0 radical (unpaired) electrons. The van der Waals surface area contributed by atoms with Crippen LogP contribution in [-0.4, -0.2) is 60.0 Å². The Labute approximate surface area is 128 Å². The third kappa shape index (κ3) is 2.46. The molecule has 3 rings (SSSR count). The summed E-state index contributed by atoms with van der Waals surface area (Å²) in [6.45, 7) is 2.54. The molecule has 114 valence electrons. The Morgan fingerprint density at radius 1 is 1.43 bits per heavy atom. The van der Waals surface area contributed by atoms with Crippen LogP contribution in [0.25, 0.3) is 0 Å². The van der Waals surface area contributed by atoms with Gasteiger partial charge in [0.1, 0.15) is 0 Å². The van der Waals surface area contributed by atoms with Gasteiger partial charge in [-0.3, -0.25) is 9.59 Å². The summed E-state index contributed by atoms with van der Waals surface area (Å²) in [6.07, 6.45) is 1.41. The molecule has 0 aliphatic carbocycles. The topological polar surface area (TPSA) is 60.9 Å². The summed E-state index contributed by atoms with van der Waals surface area (Å²) >= 11 is 1.51. The maximum atomic E-state index is 12.5. The van der Waals surface area contributed by atoms with Crippen LogP contribution in [0.2, 0.25) is 0 Å². The minimum Gasteiger partial charge on any atom is -0.481 e. The van der Waals surface area contributed by atoms with Gasteiger partial charge in [0.15, 0.2) is 0 Å². The summed E-state index contributed by atoms with van der Waals surface area (Å²) in [5, 5.41) is 13.5. The fourth-order valence-corrected chi connectivity index (χ4v) is 4.42. The molecule has 0 spiro atoms. The first-order valence-electron chi connectivity index (χ1n) is 7.26. The summed E-state index contributed by atoms with van der Waals surface area (Å²) < 4.78 is 0. The van der Waals surface area contributed by atoms with Gasteiger partial charge in [0.05, 0.1) is 11.0 Å². The van der Waals surface area contributed by atoms with Crippen molar-refractivity contribution in [2.75, 3.05) is 33.2 Å². The second-order valence-electron chi connectivity index (χ2n) is 6.22. The molecule has 6 heteroatoms. The van der Waals surface area contributed by atoms with E-state index < -0.39 is 11.4 Å². The van der Waals surface area contributed by atoms with Crippen LogP contribution in [-0.2, 0) is 4.79 Å². The van der Waals surface area contributed by atoms with E-state index in [2.05, 4.69) is 4.90 Å². The average Bonchev–Trinajstić information content (AvgIpc) is 3.02. The van der Waals surface area contributed by atoms with Gasteiger partial charge in [-0.15, -0.1) is 0 Å². The molecule has 1 aromatic heterocycles. The second-order valence-corrected chi connectivity index (χ2v) is 7.00. The average molecular weight is 308 g/mol. The van der Waals surface area contributed by atoms with Crippen LogP contribution in [0, 0.1) is 11.3 Å². The number of carboxylic acids is 1. The molecule has 1 N–H and O–H groups in total. The zero-order valence-electron chi connectivity index (χ0n) is 12.1. The van der Waals surface area contributed by atoms with Crippen LogP contribution in [0.1, 0.15) is 23.2 Å². The van der Waals surface area contributed by atoms with Gasteiger partial charge >= 0.3 is 5.97 Å². The summed E-state index contributed by atoms with van der Waals surface area (Å²) in [6, 6.07) is 1.84. The molecule has 2 saturated heterocycles. The summed E-state index contributed by atoms with van der Waals surface area (Å²) in [4.78, 5) is 28.3. The summed E-state index contributed by atoms with van der Waals surface area (Å²) in [5.74, 6) is -0.654. The number of carbonyl (C=O) groups is 2. The zero-order chi connectivity index (χ0) is 15.0. The lowest BCUT2D eigenvalue weighted by molar-refractivity contribution is -0.150. The predicted octanol–water partition coefficient (Wildman–Crippen LogP) is 1.62. The third-order valence-electron chi connectivity index (χ3n) is 4.84. The Bertz CT molecular complexity index is 545. The first kappa shape index (κ1) is 14.5. The van der Waals surface area contributed by atoms with Gasteiger partial charge in [-0.25, -0.2) is 0 Å². The van der Waals surface area contributed by atoms with E-state index in [9.17, 15) is 14.7 Å². The van der Waals surface area contributed by atoms with E-state index in [0.29, 0.717) is 31.6 Å². The Balaban J connectivity index is 1.83. The second kappa shape index (κ2) is 5.42. The number of rotatable bonds is 2. The minimum atomic E-state index is -0.707. The van der Waals surface area contributed by atoms with E-state index in [1.807, 2.05) is 28.8 Å². The smallest absolute Gasteiger partial charge is 0.311 e. The summed E-state index contributed by atoms with van der Waals surface area (Å²) in [5.41, 5.74) is 0.0347. The monoisotopic (exact) mass is 308 g/mol. The molecule has 2 aliphatic heterocycles. The van der Waals surface area contributed by atoms with E-state index in [0.717, 1.165) is 13.0 Å². The standard InChI is InChI=1S/C15H20N2O3S/c1-16-7-12-8-17(13(18)11-3-6-21-9-11)5-2-4-15(12,10-16)14(19)20/h3,6,9,12H,2,4-5,7-8,10H2,1H3,(H,19,20)/t12-,15+/m1/s1. The van der Waals surface area contributed by atoms with Crippen molar-refractivity contribution in [3.8, 4) is 0 Å².